The summed E-state index contributed by atoms with van der Waals surface area (Å²) in [6.45, 7) is 3.94. The first-order chi connectivity index (χ1) is 8.11. The molecule has 0 heterocycles. The highest BCUT2D eigenvalue weighted by atomic mass is 16.5. The maximum absolute atomic E-state index is 11.5. The van der Waals surface area contributed by atoms with Crippen molar-refractivity contribution in [2.24, 2.45) is 0 Å². The van der Waals surface area contributed by atoms with Gasteiger partial charge in [0, 0.05) is 0 Å². The second-order valence-electron chi connectivity index (χ2n) is 4.35. The summed E-state index contributed by atoms with van der Waals surface area (Å²) in [7, 11) is 1.42. The summed E-state index contributed by atoms with van der Waals surface area (Å²) >= 11 is 0. The molecule has 0 aliphatic heterocycles. The highest BCUT2D eigenvalue weighted by Gasteiger charge is 2.15. The monoisotopic (exact) mass is 228 g/mol. The van der Waals surface area contributed by atoms with Crippen LogP contribution in [-0.4, -0.2) is 13.1 Å². The molecular weight excluding hydrogens is 212 g/mol. The third-order valence-electron chi connectivity index (χ3n) is 3.07. The molecule has 0 aliphatic carbocycles. The number of methoxy groups -OCH3 is 1. The van der Waals surface area contributed by atoms with E-state index in [9.17, 15) is 4.79 Å². The molecule has 0 spiro atoms. The summed E-state index contributed by atoms with van der Waals surface area (Å²) in [5, 5.41) is 2.36. The molecule has 2 nitrogen and oxygen atoms in total. The van der Waals surface area contributed by atoms with Crippen molar-refractivity contribution in [3.05, 3.63) is 47.5 Å². The Bertz CT molecular complexity index is 558. The van der Waals surface area contributed by atoms with Crippen molar-refractivity contribution in [3.8, 4) is 0 Å². The van der Waals surface area contributed by atoms with Gasteiger partial charge in [-0.3, -0.25) is 4.79 Å². The fourth-order valence-electron chi connectivity index (χ4n) is 1.97. The number of rotatable bonds is 2. The summed E-state index contributed by atoms with van der Waals surface area (Å²) in [6, 6.07) is 12.4. The van der Waals surface area contributed by atoms with E-state index in [1.807, 2.05) is 13.0 Å². The molecule has 2 heteroatoms. The lowest BCUT2D eigenvalue weighted by atomic mass is 9.97. The number of hydrogen-bond donors (Lipinski definition) is 0. The van der Waals surface area contributed by atoms with Crippen LogP contribution in [0.4, 0.5) is 0 Å². The molecule has 0 N–H and O–H groups in total. The van der Waals surface area contributed by atoms with Gasteiger partial charge < -0.3 is 4.74 Å². The third kappa shape index (κ3) is 2.31. The molecule has 0 bridgehead atoms. The van der Waals surface area contributed by atoms with Gasteiger partial charge in [-0.15, -0.1) is 0 Å². The van der Waals surface area contributed by atoms with Crippen LogP contribution in [-0.2, 0) is 9.53 Å². The summed E-state index contributed by atoms with van der Waals surface area (Å²) in [5.41, 5.74) is 2.24. The van der Waals surface area contributed by atoms with Crippen LogP contribution in [0.5, 0.6) is 0 Å². The lowest BCUT2D eigenvalue weighted by Gasteiger charge is -2.10. The van der Waals surface area contributed by atoms with Crippen molar-refractivity contribution in [2.45, 2.75) is 19.8 Å². The topological polar surface area (TPSA) is 26.3 Å². The van der Waals surface area contributed by atoms with E-state index in [0.29, 0.717) is 0 Å². The maximum Gasteiger partial charge on any atom is 0.312 e. The molecule has 0 radical (unpaired) electrons. The maximum atomic E-state index is 11.5. The predicted octanol–water partition coefficient (Wildman–Crippen LogP) is 3.42. The standard InChI is InChI=1S/C15H16O2/c1-10-4-5-14-9-12(6-7-13(14)8-10)11(2)15(16)17-3/h4-9,11H,1-3H3. The third-order valence-corrected chi connectivity index (χ3v) is 3.07. The SMILES string of the molecule is COC(=O)C(C)c1ccc2cc(C)ccc2c1. The number of carbonyl (C=O) groups is 1. The Kier molecular flexibility index (Phi) is 3.14. The van der Waals surface area contributed by atoms with E-state index in [1.54, 1.807) is 0 Å². The average Bonchev–Trinajstić information content (AvgIpc) is 2.36. The number of esters is 1. The van der Waals surface area contributed by atoms with Crippen molar-refractivity contribution in [3.63, 3.8) is 0 Å². The smallest absolute Gasteiger partial charge is 0.312 e. The first-order valence-corrected chi connectivity index (χ1v) is 5.70. The average molecular weight is 228 g/mol. The number of aryl methyl sites for hydroxylation is 1. The highest BCUT2D eigenvalue weighted by Crippen LogP contribution is 2.23. The zero-order chi connectivity index (χ0) is 12.4. The molecule has 0 saturated carbocycles. The highest BCUT2D eigenvalue weighted by molar-refractivity contribution is 5.86. The predicted molar refractivity (Wildman–Crippen MR) is 69.1 cm³/mol. The zero-order valence-corrected chi connectivity index (χ0v) is 10.4. The minimum atomic E-state index is -0.217. The number of ether oxygens (including phenoxy) is 1. The van der Waals surface area contributed by atoms with E-state index >= 15 is 0 Å². The summed E-state index contributed by atoms with van der Waals surface area (Å²) in [4.78, 5) is 11.5. The van der Waals surface area contributed by atoms with Gasteiger partial charge in [-0.05, 0) is 30.2 Å². The van der Waals surface area contributed by atoms with Crippen LogP contribution in [0.2, 0.25) is 0 Å². The second-order valence-corrected chi connectivity index (χ2v) is 4.35. The number of carbonyl (C=O) groups excluding carboxylic acids is 1. The molecule has 0 saturated heterocycles. The van der Waals surface area contributed by atoms with Gasteiger partial charge in [-0.25, -0.2) is 0 Å². The number of fused-ring (bicyclic) bond motifs is 1. The molecule has 17 heavy (non-hydrogen) atoms. The summed E-state index contributed by atoms with van der Waals surface area (Å²) < 4.78 is 4.76. The normalized spacial score (nSPS) is 12.4. The van der Waals surface area contributed by atoms with Crippen molar-refractivity contribution in [2.75, 3.05) is 7.11 Å². The first kappa shape index (κ1) is 11.6. The molecule has 2 aromatic rings. The Balaban J connectivity index is 2.44. The fraction of sp³-hybridized carbons (Fsp3) is 0.267. The fourth-order valence-corrected chi connectivity index (χ4v) is 1.97. The first-order valence-electron chi connectivity index (χ1n) is 5.70. The van der Waals surface area contributed by atoms with E-state index < -0.39 is 0 Å². The molecule has 0 aliphatic rings. The van der Waals surface area contributed by atoms with Crippen LogP contribution < -0.4 is 0 Å². The van der Waals surface area contributed by atoms with Gasteiger partial charge in [0.2, 0.25) is 0 Å². The van der Waals surface area contributed by atoms with Crippen LogP contribution >= 0.6 is 0 Å². The number of hydrogen-bond acceptors (Lipinski definition) is 2. The Hall–Kier alpha value is -1.83. The summed E-state index contributed by atoms with van der Waals surface area (Å²) in [6.07, 6.45) is 0. The van der Waals surface area contributed by atoms with E-state index in [-0.39, 0.29) is 11.9 Å². The van der Waals surface area contributed by atoms with Gasteiger partial charge >= 0.3 is 5.97 Å². The van der Waals surface area contributed by atoms with Crippen LogP contribution in [0.15, 0.2) is 36.4 Å². The van der Waals surface area contributed by atoms with E-state index in [1.165, 1.54) is 18.1 Å². The largest absolute Gasteiger partial charge is 0.469 e. The lowest BCUT2D eigenvalue weighted by molar-refractivity contribution is -0.141. The molecule has 2 rings (SSSR count). The van der Waals surface area contributed by atoms with Gasteiger partial charge in [-0.1, -0.05) is 42.0 Å². The van der Waals surface area contributed by atoms with Crippen molar-refractivity contribution in [1.29, 1.82) is 0 Å². The van der Waals surface area contributed by atoms with Crippen molar-refractivity contribution < 1.29 is 9.53 Å². The second kappa shape index (κ2) is 4.58. The van der Waals surface area contributed by atoms with Gasteiger partial charge in [0.1, 0.15) is 0 Å². The minimum Gasteiger partial charge on any atom is -0.469 e. The van der Waals surface area contributed by atoms with Crippen LogP contribution in [0, 0.1) is 6.92 Å². The molecule has 0 aromatic heterocycles. The molecular formula is C15H16O2. The minimum absolute atomic E-state index is 0.198. The molecule has 1 atom stereocenters. The molecule has 88 valence electrons. The Morgan fingerprint density at radius 2 is 1.76 bits per heavy atom. The Morgan fingerprint density at radius 3 is 2.47 bits per heavy atom. The van der Waals surface area contributed by atoms with E-state index in [4.69, 9.17) is 4.74 Å². The van der Waals surface area contributed by atoms with E-state index in [0.717, 1.165) is 10.9 Å². The summed E-state index contributed by atoms with van der Waals surface area (Å²) in [5.74, 6) is -0.415. The van der Waals surface area contributed by atoms with Crippen LogP contribution in [0.1, 0.15) is 24.0 Å². The molecule has 2 aromatic carbocycles. The van der Waals surface area contributed by atoms with E-state index in [2.05, 4.69) is 37.3 Å². The van der Waals surface area contributed by atoms with Crippen molar-refractivity contribution >= 4 is 16.7 Å². The van der Waals surface area contributed by atoms with Crippen LogP contribution in [0.25, 0.3) is 10.8 Å². The van der Waals surface area contributed by atoms with Gasteiger partial charge in [0.05, 0.1) is 13.0 Å². The molecule has 0 fully saturated rings. The van der Waals surface area contributed by atoms with Gasteiger partial charge in [0.15, 0.2) is 0 Å². The quantitative estimate of drug-likeness (QED) is 0.736. The Labute approximate surface area is 101 Å². The van der Waals surface area contributed by atoms with Crippen LogP contribution in [0.3, 0.4) is 0 Å². The molecule has 0 amide bonds. The van der Waals surface area contributed by atoms with Crippen molar-refractivity contribution in [1.82, 2.24) is 0 Å². The van der Waals surface area contributed by atoms with Gasteiger partial charge in [-0.2, -0.15) is 0 Å². The Morgan fingerprint density at radius 1 is 1.12 bits per heavy atom. The number of benzene rings is 2. The van der Waals surface area contributed by atoms with Gasteiger partial charge in [0.25, 0.3) is 0 Å². The molecule has 1 unspecified atom stereocenters. The zero-order valence-electron chi connectivity index (χ0n) is 10.4. The lowest BCUT2D eigenvalue weighted by Crippen LogP contribution is -2.10.